The lowest BCUT2D eigenvalue weighted by Crippen LogP contribution is -2.40. The first kappa shape index (κ1) is 24.8. The van der Waals surface area contributed by atoms with Crippen molar-refractivity contribution in [1.29, 1.82) is 0 Å². The molecule has 0 bridgehead atoms. The van der Waals surface area contributed by atoms with E-state index in [2.05, 4.69) is 4.74 Å². The maximum absolute atomic E-state index is 13.1. The van der Waals surface area contributed by atoms with Crippen molar-refractivity contribution in [1.82, 2.24) is 9.21 Å². The van der Waals surface area contributed by atoms with Crippen LogP contribution in [0.4, 0.5) is 13.2 Å². The SMILES string of the molecule is COc1ccc(S(=O)(=O)N2CCOCC2)cc1C(=O)N(C)Cc1ccccc1OC(F)(F)F. The van der Waals surface area contributed by atoms with Crippen molar-refractivity contribution in [3.8, 4) is 11.5 Å². The highest BCUT2D eigenvalue weighted by Gasteiger charge is 2.32. The molecule has 1 heterocycles. The minimum absolute atomic E-state index is 0.0384. The monoisotopic (exact) mass is 488 g/mol. The van der Waals surface area contributed by atoms with Crippen molar-refractivity contribution in [3.05, 3.63) is 53.6 Å². The zero-order chi connectivity index (χ0) is 24.2. The molecule has 0 N–H and O–H groups in total. The summed E-state index contributed by atoms with van der Waals surface area (Å²) in [5.74, 6) is -0.930. The summed E-state index contributed by atoms with van der Waals surface area (Å²) in [7, 11) is -1.16. The lowest BCUT2D eigenvalue weighted by Gasteiger charge is -2.26. The summed E-state index contributed by atoms with van der Waals surface area (Å²) < 4.78 is 79.8. The van der Waals surface area contributed by atoms with Crippen molar-refractivity contribution in [3.63, 3.8) is 0 Å². The molecule has 0 saturated carbocycles. The summed E-state index contributed by atoms with van der Waals surface area (Å²) in [5, 5.41) is 0. The van der Waals surface area contributed by atoms with E-state index in [9.17, 15) is 26.4 Å². The molecule has 3 rings (SSSR count). The third kappa shape index (κ3) is 5.95. The number of methoxy groups -OCH3 is 1. The van der Waals surface area contributed by atoms with Crippen LogP contribution < -0.4 is 9.47 Å². The maximum atomic E-state index is 13.1. The Morgan fingerprint density at radius 1 is 1.12 bits per heavy atom. The standard InChI is InChI=1S/C21H23F3N2O6S/c1-25(14-15-5-3-4-6-18(15)32-21(22,23)24)20(27)17-13-16(7-8-19(17)30-2)33(28,29)26-9-11-31-12-10-26/h3-8,13H,9-12,14H2,1-2H3. The van der Waals surface area contributed by atoms with Crippen LogP contribution in [0.3, 0.4) is 0 Å². The molecule has 0 spiro atoms. The fraction of sp³-hybridized carbons (Fsp3) is 0.381. The zero-order valence-electron chi connectivity index (χ0n) is 18.0. The van der Waals surface area contributed by atoms with E-state index in [-0.39, 0.29) is 54.6 Å². The Hall–Kier alpha value is -2.83. The van der Waals surface area contributed by atoms with E-state index in [0.717, 1.165) is 11.0 Å². The average Bonchev–Trinajstić information content (AvgIpc) is 2.79. The molecule has 33 heavy (non-hydrogen) atoms. The first-order valence-electron chi connectivity index (χ1n) is 9.88. The number of nitrogens with zero attached hydrogens (tertiary/aromatic N) is 2. The number of hydrogen-bond donors (Lipinski definition) is 0. The Balaban J connectivity index is 1.88. The van der Waals surface area contributed by atoms with Crippen LogP contribution in [-0.4, -0.2) is 70.4 Å². The van der Waals surface area contributed by atoms with Crippen LogP contribution in [-0.2, 0) is 21.3 Å². The van der Waals surface area contributed by atoms with Gasteiger partial charge in [0.25, 0.3) is 5.91 Å². The molecule has 180 valence electrons. The van der Waals surface area contributed by atoms with E-state index in [4.69, 9.17) is 9.47 Å². The molecule has 0 aromatic heterocycles. The molecule has 0 radical (unpaired) electrons. The number of halogens is 3. The quantitative estimate of drug-likeness (QED) is 0.596. The van der Waals surface area contributed by atoms with Gasteiger partial charge in [0.2, 0.25) is 10.0 Å². The summed E-state index contributed by atoms with van der Waals surface area (Å²) in [6.07, 6.45) is -4.88. The van der Waals surface area contributed by atoms with Gasteiger partial charge in [-0.1, -0.05) is 18.2 Å². The van der Waals surface area contributed by atoms with Gasteiger partial charge < -0.3 is 19.1 Å². The second-order valence-corrected chi connectivity index (χ2v) is 9.13. The van der Waals surface area contributed by atoms with Crippen molar-refractivity contribution in [2.45, 2.75) is 17.8 Å². The number of amides is 1. The number of ether oxygens (including phenoxy) is 3. The molecule has 0 aliphatic carbocycles. The molecule has 2 aromatic carbocycles. The molecule has 1 aliphatic heterocycles. The number of rotatable bonds is 7. The highest BCUT2D eigenvalue weighted by atomic mass is 32.2. The van der Waals surface area contributed by atoms with Crippen LogP contribution in [0.5, 0.6) is 11.5 Å². The molecular weight excluding hydrogens is 465 g/mol. The van der Waals surface area contributed by atoms with Gasteiger partial charge in [-0.3, -0.25) is 4.79 Å². The lowest BCUT2D eigenvalue weighted by atomic mass is 10.1. The summed E-state index contributed by atoms with van der Waals surface area (Å²) >= 11 is 0. The molecule has 1 fully saturated rings. The predicted octanol–water partition coefficient (Wildman–Crippen LogP) is 2.89. The highest BCUT2D eigenvalue weighted by Crippen LogP contribution is 2.29. The minimum atomic E-state index is -4.88. The number of alkyl halides is 3. The predicted molar refractivity (Wildman–Crippen MR) is 111 cm³/mol. The molecular formula is C21H23F3N2O6S. The second-order valence-electron chi connectivity index (χ2n) is 7.20. The number of carbonyl (C=O) groups is 1. The molecule has 1 aliphatic rings. The van der Waals surface area contributed by atoms with Crippen molar-refractivity contribution in [2.24, 2.45) is 0 Å². The van der Waals surface area contributed by atoms with E-state index >= 15 is 0 Å². The lowest BCUT2D eigenvalue weighted by molar-refractivity contribution is -0.275. The van der Waals surface area contributed by atoms with Gasteiger partial charge in [-0.05, 0) is 24.3 Å². The van der Waals surface area contributed by atoms with Crippen molar-refractivity contribution < 1.29 is 40.6 Å². The van der Waals surface area contributed by atoms with Crippen LogP contribution in [0.15, 0.2) is 47.4 Å². The van der Waals surface area contributed by atoms with E-state index in [1.165, 1.54) is 54.9 Å². The highest BCUT2D eigenvalue weighted by molar-refractivity contribution is 7.89. The largest absolute Gasteiger partial charge is 0.573 e. The van der Waals surface area contributed by atoms with Gasteiger partial charge in [-0.25, -0.2) is 8.42 Å². The summed E-state index contributed by atoms with van der Waals surface area (Å²) in [6.45, 7) is 0.697. The topological polar surface area (TPSA) is 85.4 Å². The van der Waals surface area contributed by atoms with Crippen molar-refractivity contribution >= 4 is 15.9 Å². The molecule has 1 amide bonds. The molecule has 0 unspecified atom stereocenters. The Bertz CT molecular complexity index is 1100. The molecule has 2 aromatic rings. The van der Waals surface area contributed by atoms with Gasteiger partial charge in [-0.2, -0.15) is 4.31 Å². The van der Waals surface area contributed by atoms with Crippen LogP contribution in [0.25, 0.3) is 0 Å². The number of carbonyl (C=O) groups excluding carboxylic acids is 1. The van der Waals surface area contributed by atoms with E-state index < -0.39 is 28.0 Å². The van der Waals surface area contributed by atoms with Gasteiger partial charge in [0.15, 0.2) is 0 Å². The first-order chi connectivity index (χ1) is 15.5. The van der Waals surface area contributed by atoms with E-state index in [1.54, 1.807) is 0 Å². The molecule has 1 saturated heterocycles. The second kappa shape index (κ2) is 9.98. The zero-order valence-corrected chi connectivity index (χ0v) is 18.8. The van der Waals surface area contributed by atoms with E-state index in [0.29, 0.717) is 0 Å². The molecule has 12 heteroatoms. The smallest absolute Gasteiger partial charge is 0.496 e. The Morgan fingerprint density at radius 3 is 2.42 bits per heavy atom. The van der Waals surface area contributed by atoms with Gasteiger partial charge in [0.1, 0.15) is 11.5 Å². The molecule has 8 nitrogen and oxygen atoms in total. The number of benzene rings is 2. The number of para-hydroxylation sites is 1. The Morgan fingerprint density at radius 2 is 1.79 bits per heavy atom. The third-order valence-corrected chi connectivity index (χ3v) is 6.86. The van der Waals surface area contributed by atoms with Gasteiger partial charge in [-0.15, -0.1) is 13.2 Å². The summed E-state index contributed by atoms with van der Waals surface area (Å²) in [5.41, 5.74) is 0.0882. The normalized spacial score (nSPS) is 15.2. The number of sulfonamides is 1. The minimum Gasteiger partial charge on any atom is -0.496 e. The Labute approximate surface area is 189 Å². The van der Waals surface area contributed by atoms with Crippen molar-refractivity contribution in [2.75, 3.05) is 40.5 Å². The molecule has 0 atom stereocenters. The number of hydrogen-bond acceptors (Lipinski definition) is 6. The first-order valence-corrected chi connectivity index (χ1v) is 11.3. The van der Waals surface area contributed by atoms with Gasteiger partial charge >= 0.3 is 6.36 Å². The van der Waals surface area contributed by atoms with Crippen LogP contribution in [0.1, 0.15) is 15.9 Å². The van der Waals surface area contributed by atoms with E-state index in [1.807, 2.05) is 0 Å². The van der Waals surface area contributed by atoms with Gasteiger partial charge in [0, 0.05) is 32.2 Å². The van der Waals surface area contributed by atoms with Crippen LogP contribution in [0, 0.1) is 0 Å². The summed E-state index contributed by atoms with van der Waals surface area (Å²) in [6, 6.07) is 9.38. The maximum Gasteiger partial charge on any atom is 0.573 e. The average molecular weight is 488 g/mol. The Kier molecular flexibility index (Phi) is 7.50. The van der Waals surface area contributed by atoms with Crippen LogP contribution in [0.2, 0.25) is 0 Å². The fourth-order valence-electron chi connectivity index (χ4n) is 3.34. The fourth-order valence-corrected chi connectivity index (χ4v) is 4.78. The third-order valence-electron chi connectivity index (χ3n) is 4.96. The summed E-state index contributed by atoms with van der Waals surface area (Å²) in [4.78, 5) is 14.2. The van der Waals surface area contributed by atoms with Gasteiger partial charge in [0.05, 0.1) is 30.8 Å². The van der Waals surface area contributed by atoms with Crippen LogP contribution >= 0.6 is 0 Å². The number of morpholine rings is 1.